The highest BCUT2D eigenvalue weighted by Crippen LogP contribution is 2.28. The van der Waals surface area contributed by atoms with Crippen molar-refractivity contribution in [3.63, 3.8) is 0 Å². The van der Waals surface area contributed by atoms with E-state index >= 15 is 0 Å². The average molecular weight is 412 g/mol. The molecular formula is C22H22ClN3O3. The van der Waals surface area contributed by atoms with Crippen molar-refractivity contribution < 1.29 is 9.53 Å². The molecule has 2 heterocycles. The van der Waals surface area contributed by atoms with Gasteiger partial charge in [0.15, 0.2) is 0 Å². The third-order valence-corrected chi connectivity index (χ3v) is 5.49. The zero-order chi connectivity index (χ0) is 20.4. The third kappa shape index (κ3) is 3.80. The van der Waals surface area contributed by atoms with E-state index in [0.29, 0.717) is 28.2 Å². The summed E-state index contributed by atoms with van der Waals surface area (Å²) in [6.45, 7) is 2.28. The van der Waals surface area contributed by atoms with Gasteiger partial charge in [0.05, 0.1) is 18.3 Å². The van der Waals surface area contributed by atoms with Crippen LogP contribution in [-0.2, 0) is 11.2 Å². The molecule has 29 heavy (non-hydrogen) atoms. The fourth-order valence-electron chi connectivity index (χ4n) is 3.91. The molecular weight excluding hydrogens is 390 g/mol. The Morgan fingerprint density at radius 1 is 1.28 bits per heavy atom. The second-order valence-corrected chi connectivity index (χ2v) is 7.47. The molecule has 0 saturated carbocycles. The maximum absolute atomic E-state index is 12.5. The molecule has 0 bridgehead atoms. The third-order valence-electron chi connectivity index (χ3n) is 5.26. The van der Waals surface area contributed by atoms with Crippen LogP contribution in [0.15, 0.2) is 47.3 Å². The molecule has 0 unspecified atom stereocenters. The SMILES string of the molecule is COC(=O)c1c(NCCN2CCCc3ccccc32)c2cc(Cl)ccc2[nH]c1=O. The first-order valence-electron chi connectivity index (χ1n) is 9.59. The summed E-state index contributed by atoms with van der Waals surface area (Å²) < 4.78 is 4.84. The number of H-pyrrole nitrogens is 1. The molecule has 0 amide bonds. The summed E-state index contributed by atoms with van der Waals surface area (Å²) in [7, 11) is 1.26. The molecule has 1 aliphatic heterocycles. The van der Waals surface area contributed by atoms with Gasteiger partial charge in [-0.1, -0.05) is 29.8 Å². The van der Waals surface area contributed by atoms with Gasteiger partial charge in [-0.25, -0.2) is 4.79 Å². The lowest BCUT2D eigenvalue weighted by atomic mass is 10.0. The number of hydrogen-bond donors (Lipinski definition) is 2. The highest BCUT2D eigenvalue weighted by atomic mass is 35.5. The van der Waals surface area contributed by atoms with Crippen molar-refractivity contribution in [3.8, 4) is 0 Å². The van der Waals surface area contributed by atoms with Gasteiger partial charge in [0.2, 0.25) is 0 Å². The van der Waals surface area contributed by atoms with Gasteiger partial charge in [0.25, 0.3) is 5.56 Å². The van der Waals surface area contributed by atoms with Crippen molar-refractivity contribution in [2.75, 3.05) is 37.0 Å². The van der Waals surface area contributed by atoms with Crippen LogP contribution < -0.4 is 15.8 Å². The van der Waals surface area contributed by atoms with Gasteiger partial charge in [0.1, 0.15) is 5.56 Å². The van der Waals surface area contributed by atoms with Crippen LogP contribution in [0, 0.1) is 0 Å². The number of benzene rings is 2. The van der Waals surface area contributed by atoms with Crippen LogP contribution in [0.2, 0.25) is 5.02 Å². The summed E-state index contributed by atoms with van der Waals surface area (Å²) in [6, 6.07) is 13.6. The lowest BCUT2D eigenvalue weighted by molar-refractivity contribution is 0.0600. The smallest absolute Gasteiger partial charge is 0.345 e. The molecule has 4 rings (SSSR count). The standard InChI is InChI=1S/C22H22ClN3O3/c1-29-22(28)19-20(16-13-15(23)8-9-17(16)25-21(19)27)24-10-12-26-11-4-6-14-5-2-3-7-18(14)26/h2-3,5,7-9,13H,4,6,10-12H2,1H3,(H2,24,25,27). The second-order valence-electron chi connectivity index (χ2n) is 7.03. The van der Waals surface area contributed by atoms with Crippen LogP contribution >= 0.6 is 11.6 Å². The molecule has 0 fully saturated rings. The molecule has 2 aromatic carbocycles. The highest BCUT2D eigenvalue weighted by Gasteiger charge is 2.21. The molecule has 2 N–H and O–H groups in total. The lowest BCUT2D eigenvalue weighted by Gasteiger charge is -2.31. The zero-order valence-electron chi connectivity index (χ0n) is 16.1. The number of halogens is 1. The average Bonchev–Trinajstić information content (AvgIpc) is 2.73. The van der Waals surface area contributed by atoms with Crippen molar-refractivity contribution in [3.05, 3.63) is 69.0 Å². The monoisotopic (exact) mass is 411 g/mol. The Kier molecular flexibility index (Phi) is 5.45. The van der Waals surface area contributed by atoms with E-state index in [2.05, 4.69) is 33.4 Å². The quantitative estimate of drug-likeness (QED) is 0.624. The van der Waals surface area contributed by atoms with Gasteiger partial charge in [-0.3, -0.25) is 4.79 Å². The summed E-state index contributed by atoms with van der Waals surface area (Å²) in [6.07, 6.45) is 2.19. The molecule has 0 aliphatic carbocycles. The number of anilines is 2. The van der Waals surface area contributed by atoms with E-state index in [1.807, 2.05) is 6.07 Å². The number of pyridine rings is 1. The Balaban J connectivity index is 1.65. The number of nitrogens with one attached hydrogen (secondary N) is 2. The number of aromatic amines is 1. The number of aryl methyl sites for hydroxylation is 1. The Hall–Kier alpha value is -2.99. The Labute approximate surface area is 173 Å². The number of nitrogens with zero attached hydrogens (tertiary/aromatic N) is 1. The normalized spacial score (nSPS) is 13.2. The predicted molar refractivity (Wildman–Crippen MR) is 116 cm³/mol. The van der Waals surface area contributed by atoms with Crippen LogP contribution in [0.3, 0.4) is 0 Å². The minimum Gasteiger partial charge on any atom is -0.465 e. The van der Waals surface area contributed by atoms with Crippen LogP contribution in [0.1, 0.15) is 22.3 Å². The zero-order valence-corrected chi connectivity index (χ0v) is 16.9. The second kappa shape index (κ2) is 8.17. The number of esters is 1. The van der Waals surface area contributed by atoms with Crippen molar-refractivity contribution in [1.29, 1.82) is 0 Å². The number of hydrogen-bond acceptors (Lipinski definition) is 5. The van der Waals surface area contributed by atoms with E-state index in [-0.39, 0.29) is 5.56 Å². The number of aromatic nitrogens is 1. The molecule has 0 spiro atoms. The van der Waals surface area contributed by atoms with Crippen LogP contribution in [0.4, 0.5) is 11.4 Å². The van der Waals surface area contributed by atoms with Gasteiger partial charge in [-0.05, 0) is 42.7 Å². The van der Waals surface area contributed by atoms with Crippen molar-refractivity contribution >= 4 is 39.8 Å². The summed E-state index contributed by atoms with van der Waals surface area (Å²) >= 11 is 6.16. The van der Waals surface area contributed by atoms with E-state index in [0.717, 1.165) is 25.9 Å². The number of rotatable bonds is 5. The molecule has 0 atom stereocenters. The topological polar surface area (TPSA) is 74.4 Å². The van der Waals surface area contributed by atoms with Crippen LogP contribution in [-0.4, -0.2) is 37.7 Å². The molecule has 150 valence electrons. The minimum absolute atomic E-state index is 0.0405. The van der Waals surface area contributed by atoms with Gasteiger partial charge in [0, 0.05) is 35.7 Å². The largest absolute Gasteiger partial charge is 0.465 e. The van der Waals surface area contributed by atoms with Crippen LogP contribution in [0.5, 0.6) is 0 Å². The van der Waals surface area contributed by atoms with Crippen molar-refractivity contribution in [1.82, 2.24) is 4.98 Å². The van der Waals surface area contributed by atoms with E-state index < -0.39 is 11.5 Å². The number of carbonyl (C=O) groups excluding carboxylic acids is 1. The van der Waals surface area contributed by atoms with Gasteiger partial charge >= 0.3 is 5.97 Å². The maximum Gasteiger partial charge on any atom is 0.345 e. The molecule has 0 radical (unpaired) electrons. The maximum atomic E-state index is 12.5. The Morgan fingerprint density at radius 3 is 2.93 bits per heavy atom. The molecule has 1 aromatic heterocycles. The van der Waals surface area contributed by atoms with E-state index in [9.17, 15) is 9.59 Å². The Bertz CT molecular complexity index is 1130. The van der Waals surface area contributed by atoms with Gasteiger partial charge < -0.3 is 19.9 Å². The fourth-order valence-corrected chi connectivity index (χ4v) is 4.08. The first kappa shape index (κ1) is 19.3. The summed E-state index contributed by atoms with van der Waals surface area (Å²) in [5, 5.41) is 4.50. The van der Waals surface area contributed by atoms with E-state index in [1.165, 1.54) is 18.4 Å². The van der Waals surface area contributed by atoms with Crippen LogP contribution in [0.25, 0.3) is 10.9 Å². The van der Waals surface area contributed by atoms with E-state index in [1.54, 1.807) is 18.2 Å². The molecule has 1 aliphatic rings. The summed E-state index contributed by atoms with van der Waals surface area (Å²) in [4.78, 5) is 29.9. The predicted octanol–water partition coefficient (Wildman–Crippen LogP) is 3.83. The van der Waals surface area contributed by atoms with Crippen molar-refractivity contribution in [2.24, 2.45) is 0 Å². The highest BCUT2D eigenvalue weighted by molar-refractivity contribution is 6.31. The summed E-state index contributed by atoms with van der Waals surface area (Å²) in [5.41, 5.74) is 3.12. The van der Waals surface area contributed by atoms with Gasteiger partial charge in [-0.2, -0.15) is 0 Å². The first-order valence-corrected chi connectivity index (χ1v) is 9.97. The van der Waals surface area contributed by atoms with E-state index in [4.69, 9.17) is 16.3 Å². The first-order chi connectivity index (χ1) is 14.1. The molecule has 6 nitrogen and oxygen atoms in total. The number of methoxy groups -OCH3 is 1. The number of fused-ring (bicyclic) bond motifs is 2. The molecule has 7 heteroatoms. The minimum atomic E-state index is -0.682. The van der Waals surface area contributed by atoms with Gasteiger partial charge in [-0.15, -0.1) is 0 Å². The summed E-state index contributed by atoms with van der Waals surface area (Å²) in [5.74, 6) is -0.682. The molecule has 0 saturated heterocycles. The number of para-hydroxylation sites is 1. The number of carbonyl (C=O) groups is 1. The Morgan fingerprint density at radius 2 is 2.10 bits per heavy atom. The fraction of sp³-hybridized carbons (Fsp3) is 0.273. The van der Waals surface area contributed by atoms with Crippen molar-refractivity contribution in [2.45, 2.75) is 12.8 Å². The lowest BCUT2D eigenvalue weighted by Crippen LogP contribution is -2.34. The number of ether oxygens (including phenoxy) is 1. The molecule has 3 aromatic rings.